The van der Waals surface area contributed by atoms with Crippen LogP contribution in [0.3, 0.4) is 0 Å². The molecular weight excluding hydrogens is 322 g/mol. The van der Waals surface area contributed by atoms with E-state index in [1.807, 2.05) is 0 Å². The molecule has 2 aromatic heterocycles. The zero-order valence-electron chi connectivity index (χ0n) is 12.9. The van der Waals surface area contributed by atoms with Gasteiger partial charge in [-0.15, -0.1) is 0 Å². The molecule has 8 nitrogen and oxygen atoms in total. The van der Waals surface area contributed by atoms with Gasteiger partial charge >= 0.3 is 0 Å². The molecule has 0 aliphatic carbocycles. The lowest BCUT2D eigenvalue weighted by Gasteiger charge is -2.08. The van der Waals surface area contributed by atoms with Crippen molar-refractivity contribution in [3.8, 4) is 5.82 Å². The van der Waals surface area contributed by atoms with E-state index < -0.39 is 10.8 Å². The van der Waals surface area contributed by atoms with Gasteiger partial charge in [-0.25, -0.2) is 9.67 Å². The number of carbonyl (C=O) groups is 1. The second-order valence-electron chi connectivity index (χ2n) is 4.96. The van der Waals surface area contributed by atoms with Crippen LogP contribution in [0.5, 0.6) is 0 Å². The van der Waals surface area contributed by atoms with Gasteiger partial charge in [0.15, 0.2) is 5.82 Å². The molecule has 3 rings (SSSR count). The molecule has 0 fully saturated rings. The molecule has 0 aliphatic rings. The average Bonchev–Trinajstić information content (AvgIpc) is 3.15. The van der Waals surface area contributed by atoms with E-state index in [0.29, 0.717) is 17.1 Å². The molecule has 0 saturated carbocycles. The number of hydrogen-bond donors (Lipinski definition) is 1. The number of rotatable bonds is 5. The first-order valence-corrected chi connectivity index (χ1v) is 7.32. The van der Waals surface area contributed by atoms with Crippen molar-refractivity contribution in [2.45, 2.75) is 0 Å². The third kappa shape index (κ3) is 3.75. The number of amides is 1. The van der Waals surface area contributed by atoms with Crippen LogP contribution in [-0.4, -0.2) is 25.6 Å². The minimum absolute atomic E-state index is 0.0647. The van der Waals surface area contributed by atoms with Crippen LogP contribution in [0.4, 0.5) is 11.4 Å². The number of carbonyl (C=O) groups excluding carboxylic acids is 1. The number of benzene rings is 1. The largest absolute Gasteiger partial charge is 0.319 e. The first-order chi connectivity index (χ1) is 12.1. The van der Waals surface area contributed by atoms with E-state index in [2.05, 4.69) is 15.4 Å². The number of hydrogen-bond acceptors (Lipinski definition) is 5. The van der Waals surface area contributed by atoms with E-state index in [4.69, 9.17) is 0 Å². The Morgan fingerprint density at radius 3 is 2.76 bits per heavy atom. The van der Waals surface area contributed by atoms with Gasteiger partial charge in [-0.2, -0.15) is 5.10 Å². The monoisotopic (exact) mass is 335 g/mol. The van der Waals surface area contributed by atoms with E-state index in [-0.39, 0.29) is 5.69 Å². The molecular formula is C17H13N5O3. The summed E-state index contributed by atoms with van der Waals surface area (Å²) in [5.74, 6) is 0.0412. The van der Waals surface area contributed by atoms with Crippen LogP contribution in [0.1, 0.15) is 5.56 Å². The first-order valence-electron chi connectivity index (χ1n) is 7.32. The lowest BCUT2D eigenvalue weighted by atomic mass is 10.1. The molecule has 1 amide bonds. The molecule has 0 aliphatic heterocycles. The molecule has 1 aromatic carbocycles. The Hall–Kier alpha value is -3.81. The van der Waals surface area contributed by atoms with E-state index in [1.54, 1.807) is 55.0 Å². The fraction of sp³-hybridized carbons (Fsp3) is 0. The Balaban J connectivity index is 1.80. The van der Waals surface area contributed by atoms with Crippen LogP contribution in [-0.2, 0) is 4.79 Å². The van der Waals surface area contributed by atoms with Gasteiger partial charge in [-0.1, -0.05) is 12.1 Å². The molecule has 0 unspecified atom stereocenters. The molecule has 3 aromatic rings. The van der Waals surface area contributed by atoms with Crippen LogP contribution in [0.2, 0.25) is 0 Å². The standard InChI is InChI=1S/C17H13N5O3/c23-16(9-8-13-5-1-2-7-15(13)22(24)25)20-14-6-3-10-18-17(14)21-12-4-11-19-21/h1-12H,(H,20,23). The zero-order chi connectivity index (χ0) is 17.6. The third-order valence-corrected chi connectivity index (χ3v) is 3.31. The van der Waals surface area contributed by atoms with Crippen molar-refractivity contribution < 1.29 is 9.72 Å². The maximum absolute atomic E-state index is 12.2. The normalized spacial score (nSPS) is 10.7. The van der Waals surface area contributed by atoms with E-state index in [9.17, 15) is 14.9 Å². The second-order valence-corrected chi connectivity index (χ2v) is 4.96. The summed E-state index contributed by atoms with van der Waals surface area (Å²) in [5, 5.41) is 17.8. The van der Waals surface area contributed by atoms with Crippen molar-refractivity contribution in [2.24, 2.45) is 0 Å². The van der Waals surface area contributed by atoms with Crippen molar-refractivity contribution >= 4 is 23.4 Å². The molecule has 2 heterocycles. The molecule has 0 atom stereocenters. The van der Waals surface area contributed by atoms with Gasteiger partial charge in [-0.05, 0) is 30.3 Å². The first kappa shape index (κ1) is 16.1. The molecule has 25 heavy (non-hydrogen) atoms. The topological polar surface area (TPSA) is 103 Å². The maximum atomic E-state index is 12.2. The lowest BCUT2D eigenvalue weighted by Crippen LogP contribution is -2.12. The van der Waals surface area contributed by atoms with Gasteiger partial charge in [0.1, 0.15) is 0 Å². The summed E-state index contributed by atoms with van der Waals surface area (Å²) in [6, 6.07) is 11.3. The summed E-state index contributed by atoms with van der Waals surface area (Å²) in [7, 11) is 0. The van der Waals surface area contributed by atoms with Crippen molar-refractivity contribution in [3.05, 3.63) is 82.8 Å². The Morgan fingerprint density at radius 2 is 2.00 bits per heavy atom. The summed E-state index contributed by atoms with van der Waals surface area (Å²) in [6.45, 7) is 0. The predicted octanol–water partition coefficient (Wildman–Crippen LogP) is 2.83. The minimum Gasteiger partial charge on any atom is -0.319 e. The van der Waals surface area contributed by atoms with Crippen molar-refractivity contribution in [1.82, 2.24) is 14.8 Å². The smallest absolute Gasteiger partial charge is 0.276 e. The number of para-hydroxylation sites is 1. The Bertz CT molecular complexity index is 935. The summed E-state index contributed by atoms with van der Waals surface area (Å²) in [5.41, 5.74) is 0.759. The fourth-order valence-electron chi connectivity index (χ4n) is 2.21. The highest BCUT2D eigenvalue weighted by molar-refractivity contribution is 6.03. The summed E-state index contributed by atoms with van der Waals surface area (Å²) in [6.07, 6.45) is 7.55. The summed E-state index contributed by atoms with van der Waals surface area (Å²) < 4.78 is 1.53. The average molecular weight is 335 g/mol. The zero-order valence-corrected chi connectivity index (χ0v) is 12.9. The molecule has 0 bridgehead atoms. The highest BCUT2D eigenvalue weighted by Crippen LogP contribution is 2.19. The number of nitrogens with zero attached hydrogens (tertiary/aromatic N) is 4. The quantitative estimate of drug-likeness (QED) is 0.439. The van der Waals surface area contributed by atoms with Gasteiger partial charge in [0.25, 0.3) is 5.69 Å². The van der Waals surface area contributed by atoms with Gasteiger partial charge in [0.2, 0.25) is 5.91 Å². The highest BCUT2D eigenvalue weighted by atomic mass is 16.6. The molecule has 8 heteroatoms. The summed E-state index contributed by atoms with van der Waals surface area (Å²) in [4.78, 5) is 26.9. The SMILES string of the molecule is O=C(C=Cc1ccccc1[N+](=O)[O-])Nc1cccnc1-n1cccn1. The minimum atomic E-state index is -0.492. The van der Waals surface area contributed by atoms with Gasteiger partial charge in [-0.3, -0.25) is 14.9 Å². The van der Waals surface area contributed by atoms with E-state index >= 15 is 0 Å². The van der Waals surface area contributed by atoms with E-state index in [0.717, 1.165) is 0 Å². The fourth-order valence-corrected chi connectivity index (χ4v) is 2.21. The Kier molecular flexibility index (Phi) is 4.61. The molecule has 0 spiro atoms. The number of nitro groups is 1. The van der Waals surface area contributed by atoms with E-state index in [1.165, 1.54) is 22.9 Å². The van der Waals surface area contributed by atoms with Gasteiger partial charge in [0.05, 0.1) is 16.2 Å². The van der Waals surface area contributed by atoms with Crippen molar-refractivity contribution in [2.75, 3.05) is 5.32 Å². The molecule has 124 valence electrons. The van der Waals surface area contributed by atoms with Crippen LogP contribution >= 0.6 is 0 Å². The number of aromatic nitrogens is 3. The maximum Gasteiger partial charge on any atom is 0.276 e. The van der Waals surface area contributed by atoms with Gasteiger partial charge < -0.3 is 5.32 Å². The molecule has 0 saturated heterocycles. The summed E-state index contributed by atoms with van der Waals surface area (Å²) >= 11 is 0. The van der Waals surface area contributed by atoms with Crippen molar-refractivity contribution in [1.29, 1.82) is 0 Å². The predicted molar refractivity (Wildman–Crippen MR) is 92.1 cm³/mol. The number of nitrogens with one attached hydrogen (secondary N) is 1. The number of anilines is 1. The van der Waals surface area contributed by atoms with Crippen molar-refractivity contribution in [3.63, 3.8) is 0 Å². The molecule has 1 N–H and O–H groups in total. The number of pyridine rings is 1. The number of nitro benzene ring substituents is 1. The van der Waals surface area contributed by atoms with Crippen LogP contribution in [0.25, 0.3) is 11.9 Å². The molecule has 0 radical (unpaired) electrons. The van der Waals surface area contributed by atoms with Crippen LogP contribution in [0, 0.1) is 10.1 Å². The Morgan fingerprint density at radius 1 is 1.16 bits per heavy atom. The lowest BCUT2D eigenvalue weighted by molar-refractivity contribution is -0.385. The highest BCUT2D eigenvalue weighted by Gasteiger charge is 2.11. The Labute approximate surface area is 142 Å². The second kappa shape index (κ2) is 7.18. The van der Waals surface area contributed by atoms with Gasteiger partial charge in [0, 0.05) is 30.7 Å². The van der Waals surface area contributed by atoms with Crippen LogP contribution < -0.4 is 5.32 Å². The third-order valence-electron chi connectivity index (χ3n) is 3.31. The van der Waals surface area contributed by atoms with Crippen LogP contribution in [0.15, 0.2) is 67.1 Å².